The second-order valence-electron chi connectivity index (χ2n) is 4.54. The molecule has 1 amide bonds. The minimum absolute atomic E-state index is 0.123. The molecule has 0 aliphatic rings. The summed E-state index contributed by atoms with van der Waals surface area (Å²) in [5.41, 5.74) is 4.22. The predicted molar refractivity (Wildman–Crippen MR) is 91.6 cm³/mol. The van der Waals surface area contributed by atoms with Gasteiger partial charge in [0.05, 0.1) is 10.7 Å². The summed E-state index contributed by atoms with van der Waals surface area (Å²) in [7, 11) is 0. The first kappa shape index (κ1) is 16.5. The van der Waals surface area contributed by atoms with Crippen molar-refractivity contribution in [1.29, 1.82) is 0 Å². The van der Waals surface area contributed by atoms with Crippen molar-refractivity contribution in [3.63, 3.8) is 0 Å². The highest BCUT2D eigenvalue weighted by atomic mass is 79.9. The Balaban J connectivity index is 1.84. The molecule has 2 aromatic carbocycles. The van der Waals surface area contributed by atoms with E-state index in [9.17, 15) is 4.79 Å². The number of hydrogen-bond donors (Lipinski definition) is 1. The number of nitrogens with zero attached hydrogens (tertiary/aromatic N) is 1. The van der Waals surface area contributed by atoms with Gasteiger partial charge in [-0.3, -0.25) is 4.79 Å². The molecule has 22 heavy (non-hydrogen) atoms. The van der Waals surface area contributed by atoms with Crippen molar-refractivity contribution in [2.75, 3.05) is 6.61 Å². The van der Waals surface area contributed by atoms with E-state index in [2.05, 4.69) is 26.5 Å². The Bertz CT molecular complexity index is 704. The van der Waals surface area contributed by atoms with E-state index in [0.717, 1.165) is 15.6 Å². The maximum atomic E-state index is 11.7. The van der Waals surface area contributed by atoms with Crippen LogP contribution in [0.2, 0.25) is 5.02 Å². The molecule has 2 rings (SSSR count). The third-order valence-electron chi connectivity index (χ3n) is 2.74. The summed E-state index contributed by atoms with van der Waals surface area (Å²) >= 11 is 9.36. The molecule has 0 bridgehead atoms. The molecule has 0 spiro atoms. The molecule has 0 heterocycles. The van der Waals surface area contributed by atoms with Crippen molar-refractivity contribution >= 4 is 39.7 Å². The van der Waals surface area contributed by atoms with E-state index in [1.165, 1.54) is 6.21 Å². The molecule has 0 aliphatic carbocycles. The van der Waals surface area contributed by atoms with E-state index in [1.807, 2.05) is 31.2 Å². The van der Waals surface area contributed by atoms with Crippen LogP contribution >= 0.6 is 27.5 Å². The molecule has 0 unspecified atom stereocenters. The van der Waals surface area contributed by atoms with Gasteiger partial charge in [-0.15, -0.1) is 0 Å². The molecule has 0 atom stereocenters. The quantitative estimate of drug-likeness (QED) is 0.630. The highest BCUT2D eigenvalue weighted by Gasteiger charge is 2.05. The van der Waals surface area contributed by atoms with Crippen molar-refractivity contribution in [3.8, 4) is 5.75 Å². The zero-order valence-electron chi connectivity index (χ0n) is 11.8. The van der Waals surface area contributed by atoms with Crippen LogP contribution in [0.1, 0.15) is 11.1 Å². The van der Waals surface area contributed by atoms with Crippen LogP contribution in [0.25, 0.3) is 0 Å². The number of hydrogen-bond acceptors (Lipinski definition) is 3. The summed E-state index contributed by atoms with van der Waals surface area (Å²) in [6.07, 6.45) is 1.49. The third-order valence-corrected chi connectivity index (χ3v) is 3.71. The molecule has 6 heteroatoms. The molecule has 0 fully saturated rings. The number of carbonyl (C=O) groups excluding carboxylic acids is 1. The number of halogens is 2. The van der Waals surface area contributed by atoms with E-state index in [1.54, 1.807) is 18.2 Å². The zero-order chi connectivity index (χ0) is 15.9. The van der Waals surface area contributed by atoms with Gasteiger partial charge in [0.2, 0.25) is 0 Å². The van der Waals surface area contributed by atoms with Gasteiger partial charge in [-0.25, -0.2) is 5.43 Å². The molecule has 114 valence electrons. The first-order valence-corrected chi connectivity index (χ1v) is 7.69. The Hall–Kier alpha value is -1.85. The number of hydrazone groups is 1. The third kappa shape index (κ3) is 4.86. The average molecular weight is 382 g/mol. The first-order chi connectivity index (χ1) is 10.6. The van der Waals surface area contributed by atoms with Gasteiger partial charge in [-0.05, 0) is 46.6 Å². The van der Waals surface area contributed by atoms with Gasteiger partial charge in [0.1, 0.15) is 5.75 Å². The molecule has 0 radical (unpaired) electrons. The van der Waals surface area contributed by atoms with Gasteiger partial charge < -0.3 is 4.74 Å². The Morgan fingerprint density at radius 2 is 2.14 bits per heavy atom. The highest BCUT2D eigenvalue weighted by molar-refractivity contribution is 9.10. The molecule has 0 saturated carbocycles. The molecular formula is C16H14BrClN2O2. The lowest BCUT2D eigenvalue weighted by Crippen LogP contribution is -2.24. The topological polar surface area (TPSA) is 50.7 Å². The van der Waals surface area contributed by atoms with Crippen molar-refractivity contribution < 1.29 is 9.53 Å². The molecule has 4 nitrogen and oxygen atoms in total. The number of aryl methyl sites for hydroxylation is 1. The fourth-order valence-electron chi connectivity index (χ4n) is 1.65. The lowest BCUT2D eigenvalue weighted by molar-refractivity contribution is -0.123. The summed E-state index contributed by atoms with van der Waals surface area (Å²) in [5.74, 6) is 0.256. The number of carbonyl (C=O) groups is 1. The number of ether oxygens (including phenoxy) is 1. The van der Waals surface area contributed by atoms with Crippen molar-refractivity contribution in [1.82, 2.24) is 5.43 Å². The van der Waals surface area contributed by atoms with Crippen LogP contribution in [-0.2, 0) is 4.79 Å². The van der Waals surface area contributed by atoms with Gasteiger partial charge in [-0.1, -0.05) is 35.9 Å². The van der Waals surface area contributed by atoms with E-state index in [4.69, 9.17) is 16.3 Å². The average Bonchev–Trinajstić information content (AvgIpc) is 2.48. The normalized spacial score (nSPS) is 10.7. The number of nitrogens with one attached hydrogen (secondary N) is 1. The smallest absolute Gasteiger partial charge is 0.277 e. The van der Waals surface area contributed by atoms with Gasteiger partial charge >= 0.3 is 0 Å². The van der Waals surface area contributed by atoms with Gasteiger partial charge in [-0.2, -0.15) is 5.10 Å². The Kier molecular flexibility index (Phi) is 5.98. The SMILES string of the molecule is Cc1ccc(OCC(=O)N/N=C\c2ccccc2Cl)c(Br)c1. The number of benzene rings is 2. The summed E-state index contributed by atoms with van der Waals surface area (Å²) in [6, 6.07) is 12.9. The van der Waals surface area contributed by atoms with Crippen molar-refractivity contribution in [2.24, 2.45) is 5.10 Å². The Morgan fingerprint density at radius 1 is 1.36 bits per heavy atom. The van der Waals surface area contributed by atoms with Gasteiger partial charge in [0, 0.05) is 10.6 Å². The maximum Gasteiger partial charge on any atom is 0.277 e. The largest absolute Gasteiger partial charge is 0.483 e. The van der Waals surface area contributed by atoms with E-state index in [-0.39, 0.29) is 12.5 Å². The lowest BCUT2D eigenvalue weighted by atomic mass is 10.2. The minimum atomic E-state index is -0.351. The first-order valence-electron chi connectivity index (χ1n) is 6.51. The van der Waals surface area contributed by atoms with E-state index >= 15 is 0 Å². The van der Waals surface area contributed by atoms with Crippen LogP contribution in [0.3, 0.4) is 0 Å². The Labute approximate surface area is 142 Å². The Morgan fingerprint density at radius 3 is 2.86 bits per heavy atom. The summed E-state index contributed by atoms with van der Waals surface area (Å²) in [6.45, 7) is 1.85. The molecule has 0 aliphatic heterocycles. The molecule has 1 N–H and O–H groups in total. The fourth-order valence-corrected chi connectivity index (χ4v) is 2.44. The van der Waals surface area contributed by atoms with E-state index < -0.39 is 0 Å². The molecule has 0 aromatic heterocycles. The minimum Gasteiger partial charge on any atom is -0.483 e. The van der Waals surface area contributed by atoms with Crippen LogP contribution in [0.4, 0.5) is 0 Å². The van der Waals surface area contributed by atoms with Crippen molar-refractivity contribution in [2.45, 2.75) is 6.92 Å². The van der Waals surface area contributed by atoms with Gasteiger partial charge in [0.25, 0.3) is 5.91 Å². The van der Waals surface area contributed by atoms with E-state index in [0.29, 0.717) is 10.8 Å². The predicted octanol–water partition coefficient (Wildman–Crippen LogP) is 3.94. The summed E-state index contributed by atoms with van der Waals surface area (Å²) < 4.78 is 6.23. The van der Waals surface area contributed by atoms with Crippen LogP contribution in [-0.4, -0.2) is 18.7 Å². The monoisotopic (exact) mass is 380 g/mol. The second kappa shape index (κ2) is 7.96. The van der Waals surface area contributed by atoms with Crippen LogP contribution in [0, 0.1) is 6.92 Å². The zero-order valence-corrected chi connectivity index (χ0v) is 14.2. The lowest BCUT2D eigenvalue weighted by Gasteiger charge is -2.07. The molecule has 2 aromatic rings. The maximum absolute atomic E-state index is 11.7. The molecular weight excluding hydrogens is 368 g/mol. The van der Waals surface area contributed by atoms with Crippen molar-refractivity contribution in [3.05, 3.63) is 63.1 Å². The number of amides is 1. The fraction of sp³-hybridized carbons (Fsp3) is 0.125. The summed E-state index contributed by atoms with van der Waals surface area (Å²) in [4.78, 5) is 11.7. The van der Waals surface area contributed by atoms with Gasteiger partial charge in [0.15, 0.2) is 6.61 Å². The van der Waals surface area contributed by atoms with Crippen LogP contribution in [0.15, 0.2) is 52.0 Å². The highest BCUT2D eigenvalue weighted by Crippen LogP contribution is 2.25. The second-order valence-corrected chi connectivity index (χ2v) is 5.80. The number of rotatable bonds is 5. The molecule has 0 saturated heterocycles. The summed E-state index contributed by atoms with van der Waals surface area (Å²) in [5, 5.41) is 4.42. The van der Waals surface area contributed by atoms with Crippen LogP contribution < -0.4 is 10.2 Å². The van der Waals surface area contributed by atoms with Crippen LogP contribution in [0.5, 0.6) is 5.75 Å². The standard InChI is InChI=1S/C16H14BrClN2O2/c1-11-6-7-15(13(17)8-11)22-10-16(21)20-19-9-12-4-2-3-5-14(12)18/h2-9H,10H2,1H3,(H,20,21)/b19-9-.